The molecule has 0 aliphatic rings. The summed E-state index contributed by atoms with van der Waals surface area (Å²) in [5, 5.41) is 18.5. The van der Waals surface area contributed by atoms with Gasteiger partial charge in [-0.15, -0.1) is 0 Å². The summed E-state index contributed by atoms with van der Waals surface area (Å²) in [6.45, 7) is 2.05. The maximum Gasteiger partial charge on any atom is 0.338 e. The standard InChI is InChI=1S/C15H20O6/c1-11(16)20-6-4-2-3-5-7-21-15(19)12-8-13(17)10-14(18)9-12/h8-10,17-18H,2-7H2,1H3. The molecule has 0 aromatic heterocycles. The van der Waals surface area contributed by atoms with Crippen molar-refractivity contribution in [1.82, 2.24) is 0 Å². The molecule has 0 bridgehead atoms. The van der Waals surface area contributed by atoms with Crippen LogP contribution in [0.3, 0.4) is 0 Å². The molecule has 0 aliphatic heterocycles. The van der Waals surface area contributed by atoms with E-state index in [4.69, 9.17) is 9.47 Å². The van der Waals surface area contributed by atoms with Crippen LogP contribution in [0.4, 0.5) is 0 Å². The van der Waals surface area contributed by atoms with Gasteiger partial charge < -0.3 is 19.7 Å². The second-order valence-corrected chi connectivity index (χ2v) is 4.63. The molecule has 0 fully saturated rings. The minimum atomic E-state index is -0.582. The fraction of sp³-hybridized carbons (Fsp3) is 0.467. The van der Waals surface area contributed by atoms with E-state index in [1.807, 2.05) is 0 Å². The van der Waals surface area contributed by atoms with Gasteiger partial charge in [-0.25, -0.2) is 4.79 Å². The molecule has 0 saturated carbocycles. The third-order valence-electron chi connectivity index (χ3n) is 2.72. The van der Waals surface area contributed by atoms with Crippen molar-refractivity contribution < 1.29 is 29.3 Å². The predicted molar refractivity (Wildman–Crippen MR) is 75.2 cm³/mol. The highest BCUT2D eigenvalue weighted by molar-refractivity contribution is 5.90. The Balaban J connectivity index is 2.15. The van der Waals surface area contributed by atoms with Gasteiger partial charge in [0.15, 0.2) is 0 Å². The summed E-state index contributed by atoms with van der Waals surface area (Å²) in [6.07, 6.45) is 3.24. The first-order valence-corrected chi connectivity index (χ1v) is 6.82. The summed E-state index contributed by atoms with van der Waals surface area (Å²) in [5.41, 5.74) is 0.113. The predicted octanol–water partition coefficient (Wildman–Crippen LogP) is 2.38. The Hall–Kier alpha value is -2.24. The van der Waals surface area contributed by atoms with E-state index in [0.29, 0.717) is 13.0 Å². The lowest BCUT2D eigenvalue weighted by Gasteiger charge is -2.06. The average Bonchev–Trinajstić information content (AvgIpc) is 2.40. The molecule has 0 radical (unpaired) electrons. The van der Waals surface area contributed by atoms with Crippen LogP contribution in [0.5, 0.6) is 11.5 Å². The van der Waals surface area contributed by atoms with E-state index in [1.165, 1.54) is 19.1 Å². The van der Waals surface area contributed by atoms with Gasteiger partial charge in [0, 0.05) is 13.0 Å². The molecular formula is C15H20O6. The van der Waals surface area contributed by atoms with Crippen LogP contribution in [0.15, 0.2) is 18.2 Å². The van der Waals surface area contributed by atoms with Crippen LogP contribution >= 0.6 is 0 Å². The highest BCUT2D eigenvalue weighted by atomic mass is 16.5. The van der Waals surface area contributed by atoms with E-state index in [2.05, 4.69) is 0 Å². The summed E-state index contributed by atoms with van der Waals surface area (Å²) < 4.78 is 9.83. The largest absolute Gasteiger partial charge is 0.508 e. The molecule has 1 aromatic carbocycles. The molecule has 21 heavy (non-hydrogen) atoms. The first-order chi connectivity index (χ1) is 9.99. The van der Waals surface area contributed by atoms with E-state index in [1.54, 1.807) is 0 Å². The lowest BCUT2D eigenvalue weighted by Crippen LogP contribution is -2.06. The van der Waals surface area contributed by atoms with Gasteiger partial charge in [-0.2, -0.15) is 0 Å². The molecule has 0 amide bonds. The van der Waals surface area contributed by atoms with Crippen molar-refractivity contribution in [2.45, 2.75) is 32.6 Å². The minimum Gasteiger partial charge on any atom is -0.508 e. The number of esters is 2. The second kappa shape index (κ2) is 8.84. The number of hydrogen-bond donors (Lipinski definition) is 2. The molecule has 2 N–H and O–H groups in total. The average molecular weight is 296 g/mol. The molecule has 0 aliphatic carbocycles. The molecule has 1 aromatic rings. The normalized spacial score (nSPS) is 10.1. The Morgan fingerprint density at radius 1 is 0.905 bits per heavy atom. The van der Waals surface area contributed by atoms with Crippen LogP contribution in [0.25, 0.3) is 0 Å². The van der Waals surface area contributed by atoms with E-state index >= 15 is 0 Å². The summed E-state index contributed by atoms with van der Waals surface area (Å²) in [7, 11) is 0. The van der Waals surface area contributed by atoms with Gasteiger partial charge in [0.05, 0.1) is 18.8 Å². The number of rotatable bonds is 8. The van der Waals surface area contributed by atoms with Crippen LogP contribution in [0, 0.1) is 0 Å². The van der Waals surface area contributed by atoms with Gasteiger partial charge in [0.1, 0.15) is 11.5 Å². The highest BCUT2D eigenvalue weighted by Crippen LogP contribution is 2.20. The maximum atomic E-state index is 11.7. The number of phenolic OH excluding ortho intramolecular Hbond substituents is 2. The fourth-order valence-corrected chi connectivity index (χ4v) is 1.73. The van der Waals surface area contributed by atoms with Crippen LogP contribution < -0.4 is 0 Å². The molecule has 6 nitrogen and oxygen atoms in total. The van der Waals surface area contributed by atoms with Crippen molar-refractivity contribution in [3.63, 3.8) is 0 Å². The quantitative estimate of drug-likeness (QED) is 0.565. The van der Waals surface area contributed by atoms with Gasteiger partial charge in [-0.3, -0.25) is 4.79 Å². The minimum absolute atomic E-state index is 0.113. The van der Waals surface area contributed by atoms with Crippen LogP contribution in [0.1, 0.15) is 43.0 Å². The zero-order valence-corrected chi connectivity index (χ0v) is 12.0. The zero-order chi connectivity index (χ0) is 15.7. The van der Waals surface area contributed by atoms with Gasteiger partial charge in [-0.05, 0) is 37.8 Å². The topological polar surface area (TPSA) is 93.1 Å². The molecule has 0 spiro atoms. The van der Waals surface area contributed by atoms with Crippen LogP contribution in [-0.2, 0) is 14.3 Å². The third-order valence-corrected chi connectivity index (χ3v) is 2.72. The lowest BCUT2D eigenvalue weighted by molar-refractivity contribution is -0.141. The second-order valence-electron chi connectivity index (χ2n) is 4.63. The molecular weight excluding hydrogens is 276 g/mol. The van der Waals surface area contributed by atoms with Crippen molar-refractivity contribution in [1.29, 1.82) is 0 Å². The van der Waals surface area contributed by atoms with Crippen LogP contribution in [0.2, 0.25) is 0 Å². The molecule has 0 atom stereocenters. The SMILES string of the molecule is CC(=O)OCCCCCCOC(=O)c1cc(O)cc(O)c1. The van der Waals surface area contributed by atoms with E-state index in [9.17, 15) is 19.8 Å². The van der Waals surface area contributed by atoms with Gasteiger partial charge in [-0.1, -0.05) is 0 Å². The van der Waals surface area contributed by atoms with Crippen molar-refractivity contribution >= 4 is 11.9 Å². The first-order valence-electron chi connectivity index (χ1n) is 6.82. The number of carbonyl (C=O) groups is 2. The Kier molecular flexibility index (Phi) is 7.08. The van der Waals surface area contributed by atoms with E-state index in [-0.39, 0.29) is 29.6 Å². The number of hydrogen-bond acceptors (Lipinski definition) is 6. The van der Waals surface area contributed by atoms with Crippen molar-refractivity contribution in [2.24, 2.45) is 0 Å². The number of aromatic hydroxyl groups is 2. The van der Waals surface area contributed by atoms with Gasteiger partial charge >= 0.3 is 11.9 Å². The number of unbranched alkanes of at least 4 members (excludes halogenated alkanes) is 3. The van der Waals surface area contributed by atoms with Gasteiger partial charge in [0.25, 0.3) is 0 Å². The Labute approximate surface area is 123 Å². The van der Waals surface area contributed by atoms with Crippen molar-refractivity contribution in [3.8, 4) is 11.5 Å². The summed E-state index contributed by atoms with van der Waals surface area (Å²) in [6, 6.07) is 3.61. The smallest absolute Gasteiger partial charge is 0.338 e. The van der Waals surface area contributed by atoms with E-state index < -0.39 is 5.97 Å². The van der Waals surface area contributed by atoms with Crippen LogP contribution in [-0.4, -0.2) is 35.4 Å². The Morgan fingerprint density at radius 3 is 1.95 bits per heavy atom. The number of carbonyl (C=O) groups excluding carboxylic acids is 2. The van der Waals surface area contributed by atoms with E-state index in [0.717, 1.165) is 25.3 Å². The summed E-state index contributed by atoms with van der Waals surface area (Å²) in [5.74, 6) is -1.24. The monoisotopic (exact) mass is 296 g/mol. The molecule has 116 valence electrons. The third kappa shape index (κ3) is 7.20. The fourth-order valence-electron chi connectivity index (χ4n) is 1.73. The number of benzene rings is 1. The Morgan fingerprint density at radius 2 is 1.43 bits per heavy atom. The molecule has 0 unspecified atom stereocenters. The molecule has 0 saturated heterocycles. The van der Waals surface area contributed by atoms with Crippen molar-refractivity contribution in [3.05, 3.63) is 23.8 Å². The molecule has 0 heterocycles. The zero-order valence-electron chi connectivity index (χ0n) is 12.0. The molecule has 6 heteroatoms. The van der Waals surface area contributed by atoms with Gasteiger partial charge in [0.2, 0.25) is 0 Å². The highest BCUT2D eigenvalue weighted by Gasteiger charge is 2.09. The Bertz CT molecular complexity index is 463. The van der Waals surface area contributed by atoms with Crippen molar-refractivity contribution in [2.75, 3.05) is 13.2 Å². The first kappa shape index (κ1) is 16.8. The lowest BCUT2D eigenvalue weighted by atomic mass is 10.2. The number of ether oxygens (including phenoxy) is 2. The number of phenols is 2. The maximum absolute atomic E-state index is 11.7. The summed E-state index contributed by atoms with van der Waals surface area (Å²) >= 11 is 0. The summed E-state index contributed by atoms with van der Waals surface area (Å²) in [4.78, 5) is 22.2. The molecule has 1 rings (SSSR count).